The molecule has 0 heterocycles. The minimum Gasteiger partial charge on any atom is -0.487 e. The molecular weight excluding hydrogens is 678 g/mol. The van der Waals surface area contributed by atoms with Crippen LogP contribution < -0.4 is 19.9 Å². The van der Waals surface area contributed by atoms with Crippen molar-refractivity contribution < 1.29 is 75.8 Å². The summed E-state index contributed by atoms with van der Waals surface area (Å²) in [5.74, 6) is 0.186. The molecule has 17 nitrogen and oxygen atoms in total. The molecule has 0 atom stereocenters. The molecule has 298 valence electrons. The van der Waals surface area contributed by atoms with E-state index in [1.54, 1.807) is 21.3 Å². The Bertz CT molecular complexity index is 879. The van der Waals surface area contributed by atoms with Crippen LogP contribution in [0.2, 0.25) is 0 Å². The summed E-state index contributed by atoms with van der Waals surface area (Å²) in [6, 6.07) is 3.01. The van der Waals surface area contributed by atoms with Gasteiger partial charge in [0.25, 0.3) is 0 Å². The molecule has 0 aliphatic rings. The third-order valence-electron chi connectivity index (χ3n) is 6.28. The van der Waals surface area contributed by atoms with Crippen LogP contribution in [0.4, 0.5) is 0 Å². The molecule has 0 bridgehead atoms. The maximum absolute atomic E-state index is 12.2. The fourth-order valence-corrected chi connectivity index (χ4v) is 3.75. The average Bonchev–Trinajstić information content (AvgIpc) is 3.13. The minimum absolute atomic E-state index is 0.168. The van der Waals surface area contributed by atoms with E-state index >= 15 is 0 Å². The second kappa shape index (κ2) is 36.0. The van der Waals surface area contributed by atoms with Crippen molar-refractivity contribution in [2.24, 2.45) is 5.73 Å². The highest BCUT2D eigenvalue weighted by Crippen LogP contribution is 2.39. The Morgan fingerprint density at radius 1 is 0.392 bits per heavy atom. The monoisotopic (exact) mass is 739 g/mol. The van der Waals surface area contributed by atoms with Crippen molar-refractivity contribution in [3.8, 4) is 17.2 Å². The van der Waals surface area contributed by atoms with Gasteiger partial charge in [0.1, 0.15) is 19.8 Å². The van der Waals surface area contributed by atoms with Crippen LogP contribution in [0, 0.1) is 0 Å². The average molecular weight is 740 g/mol. The number of carbonyl (C=O) groups is 1. The first kappa shape index (κ1) is 46.6. The molecule has 1 amide bonds. The molecule has 1 aromatic rings. The van der Waals surface area contributed by atoms with Crippen molar-refractivity contribution in [1.29, 1.82) is 0 Å². The van der Waals surface area contributed by atoms with E-state index in [-0.39, 0.29) is 56.7 Å². The Balaban J connectivity index is 2.58. The van der Waals surface area contributed by atoms with Crippen molar-refractivity contribution in [2.75, 3.05) is 180 Å². The third-order valence-corrected chi connectivity index (χ3v) is 6.28. The van der Waals surface area contributed by atoms with Gasteiger partial charge in [-0.05, 0) is 12.1 Å². The van der Waals surface area contributed by atoms with Crippen LogP contribution in [0.25, 0.3) is 0 Å². The van der Waals surface area contributed by atoms with Crippen molar-refractivity contribution in [3.05, 3.63) is 17.7 Å². The minimum atomic E-state index is -0.650. The van der Waals surface area contributed by atoms with Crippen LogP contribution in [0.15, 0.2) is 12.1 Å². The predicted octanol–water partition coefficient (Wildman–Crippen LogP) is 1.01. The van der Waals surface area contributed by atoms with Crippen LogP contribution >= 0.6 is 0 Å². The number of ether oxygens (including phenoxy) is 15. The van der Waals surface area contributed by atoms with Crippen molar-refractivity contribution in [2.45, 2.75) is 0 Å². The zero-order valence-electron chi connectivity index (χ0n) is 30.7. The number of amides is 1. The molecule has 51 heavy (non-hydrogen) atoms. The Morgan fingerprint density at radius 2 is 0.627 bits per heavy atom. The number of nitrogens with two attached hydrogens (primary N) is 1. The molecule has 17 heteroatoms. The van der Waals surface area contributed by atoms with E-state index in [1.807, 2.05) is 0 Å². The third kappa shape index (κ3) is 27.9. The van der Waals surface area contributed by atoms with Gasteiger partial charge in [-0.3, -0.25) is 4.79 Å². The van der Waals surface area contributed by atoms with Gasteiger partial charge in [0.2, 0.25) is 11.7 Å². The van der Waals surface area contributed by atoms with E-state index in [2.05, 4.69) is 0 Å². The van der Waals surface area contributed by atoms with Gasteiger partial charge in [0.05, 0.1) is 139 Å². The van der Waals surface area contributed by atoms with Gasteiger partial charge in [-0.25, -0.2) is 0 Å². The first-order valence-corrected chi connectivity index (χ1v) is 17.2. The van der Waals surface area contributed by atoms with Crippen molar-refractivity contribution in [3.63, 3.8) is 0 Å². The van der Waals surface area contributed by atoms with Crippen LogP contribution in [0.5, 0.6) is 17.2 Å². The van der Waals surface area contributed by atoms with Gasteiger partial charge in [0.15, 0.2) is 11.5 Å². The van der Waals surface area contributed by atoms with E-state index in [4.69, 9.17) is 76.8 Å². The van der Waals surface area contributed by atoms with Gasteiger partial charge in [-0.2, -0.15) is 0 Å². The summed E-state index contributed by atoms with van der Waals surface area (Å²) >= 11 is 0. The fourth-order valence-electron chi connectivity index (χ4n) is 3.75. The molecule has 1 aromatic carbocycles. The van der Waals surface area contributed by atoms with E-state index in [1.165, 1.54) is 12.1 Å². The first-order valence-electron chi connectivity index (χ1n) is 17.2. The summed E-state index contributed by atoms with van der Waals surface area (Å²) in [5.41, 5.74) is 5.81. The van der Waals surface area contributed by atoms with Gasteiger partial charge in [-0.1, -0.05) is 0 Å². The molecule has 0 fully saturated rings. The summed E-state index contributed by atoms with van der Waals surface area (Å²) in [5, 5.41) is 0. The van der Waals surface area contributed by atoms with Gasteiger partial charge in [0, 0.05) is 26.9 Å². The first-order chi connectivity index (χ1) is 25.1. The summed E-state index contributed by atoms with van der Waals surface area (Å²) in [4.78, 5) is 12.2. The van der Waals surface area contributed by atoms with Crippen molar-refractivity contribution >= 4 is 5.91 Å². The Labute approximate surface area is 302 Å². The normalized spacial score (nSPS) is 11.3. The van der Waals surface area contributed by atoms with Crippen molar-refractivity contribution in [1.82, 2.24) is 0 Å². The quantitative estimate of drug-likeness (QED) is 0.0941. The van der Waals surface area contributed by atoms with Crippen LogP contribution in [-0.2, 0) is 56.8 Å². The van der Waals surface area contributed by atoms with Gasteiger partial charge < -0.3 is 76.8 Å². The number of methoxy groups -OCH3 is 3. The van der Waals surface area contributed by atoms with E-state index in [0.29, 0.717) is 125 Å². The number of rotatable bonds is 40. The molecule has 0 aromatic heterocycles. The van der Waals surface area contributed by atoms with E-state index in [9.17, 15) is 4.79 Å². The van der Waals surface area contributed by atoms with Crippen LogP contribution in [0.1, 0.15) is 10.4 Å². The lowest BCUT2D eigenvalue weighted by Crippen LogP contribution is -2.17. The molecule has 0 aliphatic carbocycles. The smallest absolute Gasteiger partial charge is 0.248 e. The zero-order valence-corrected chi connectivity index (χ0v) is 30.7. The Morgan fingerprint density at radius 3 is 0.882 bits per heavy atom. The zero-order chi connectivity index (χ0) is 36.9. The van der Waals surface area contributed by atoms with Gasteiger partial charge in [-0.15, -0.1) is 0 Å². The van der Waals surface area contributed by atoms with Crippen LogP contribution in [-0.4, -0.2) is 186 Å². The molecule has 2 N–H and O–H groups in total. The molecule has 1 rings (SSSR count). The molecular formula is C34H61NO16. The second-order valence-electron chi connectivity index (χ2n) is 10.2. The highest BCUT2D eigenvalue weighted by atomic mass is 16.6. The molecule has 0 spiro atoms. The molecule has 0 radical (unpaired) electrons. The Kier molecular flexibility index (Phi) is 32.9. The standard InChI is InChI=1S/C34H61NO16/c1-37-4-7-40-10-13-43-16-19-46-22-25-49-31-28-30(34(35)36)29-32(50-26-23-47-20-17-44-14-11-41-8-5-38-2)33(31)51-27-24-48-21-18-45-15-12-42-9-6-39-3/h28-29H,4-27H2,1-3H3,(H2,35,36). The van der Waals surface area contributed by atoms with E-state index < -0.39 is 5.91 Å². The summed E-state index contributed by atoms with van der Waals surface area (Å²) in [6.07, 6.45) is 0. The molecule has 0 saturated heterocycles. The van der Waals surface area contributed by atoms with Gasteiger partial charge >= 0.3 is 0 Å². The molecule has 0 aliphatic heterocycles. The summed E-state index contributed by atoms with van der Waals surface area (Å²) in [6.45, 7) is 9.64. The fraction of sp³-hybridized carbons (Fsp3) is 0.794. The maximum atomic E-state index is 12.2. The largest absolute Gasteiger partial charge is 0.487 e. The van der Waals surface area contributed by atoms with Crippen LogP contribution in [0.3, 0.4) is 0 Å². The highest BCUT2D eigenvalue weighted by molar-refractivity contribution is 5.94. The predicted molar refractivity (Wildman–Crippen MR) is 184 cm³/mol. The lowest BCUT2D eigenvalue weighted by atomic mass is 10.1. The number of primary amides is 1. The number of hydrogen-bond acceptors (Lipinski definition) is 16. The topological polar surface area (TPSA) is 182 Å². The lowest BCUT2D eigenvalue weighted by molar-refractivity contribution is -0.00160. The number of benzene rings is 1. The molecule has 0 saturated carbocycles. The summed E-state index contributed by atoms with van der Waals surface area (Å²) < 4.78 is 82.2. The summed E-state index contributed by atoms with van der Waals surface area (Å²) in [7, 11) is 4.87. The SMILES string of the molecule is COCCOCCOCCOCCOc1cc(C(N)=O)cc(OCCOCCOCCOCCOC)c1OCCOCCOCCOCCOC. The maximum Gasteiger partial charge on any atom is 0.248 e. The molecule has 0 unspecified atom stereocenters. The Hall–Kier alpha value is -2.39. The second-order valence-corrected chi connectivity index (χ2v) is 10.2. The number of carbonyl (C=O) groups excluding carboxylic acids is 1. The highest BCUT2D eigenvalue weighted by Gasteiger charge is 2.18. The number of hydrogen-bond donors (Lipinski definition) is 1. The lowest BCUT2D eigenvalue weighted by Gasteiger charge is -2.18. The van der Waals surface area contributed by atoms with E-state index in [0.717, 1.165) is 0 Å².